The molecule has 0 atom stereocenters. The first kappa shape index (κ1) is 15.1. The van der Waals surface area contributed by atoms with Crippen molar-refractivity contribution in [3.8, 4) is 11.8 Å². The van der Waals surface area contributed by atoms with E-state index in [1.54, 1.807) is 0 Å². The summed E-state index contributed by atoms with van der Waals surface area (Å²) in [5, 5.41) is 14.0. The van der Waals surface area contributed by atoms with Gasteiger partial charge < -0.3 is 10.1 Å². The van der Waals surface area contributed by atoms with Gasteiger partial charge in [-0.15, -0.1) is 0 Å². The van der Waals surface area contributed by atoms with Gasteiger partial charge in [-0.3, -0.25) is 4.79 Å². The first-order valence-corrected chi connectivity index (χ1v) is 6.94. The number of carbonyl (C=O) groups excluding carboxylic acids is 1. The number of nitrogens with one attached hydrogen (secondary N) is 1. The van der Waals surface area contributed by atoms with E-state index in [0.29, 0.717) is 23.7 Å². The monoisotopic (exact) mass is 302 g/mol. The summed E-state index contributed by atoms with van der Waals surface area (Å²) in [6.45, 7) is 2.05. The Morgan fingerprint density at radius 2 is 2.19 bits per heavy atom. The molecule has 2 aromatic carbocycles. The van der Waals surface area contributed by atoms with Crippen LogP contribution in [-0.4, -0.2) is 19.1 Å². The maximum atomic E-state index is 10.9. The summed E-state index contributed by atoms with van der Waals surface area (Å²) in [4.78, 5) is 10.9. The second kappa shape index (κ2) is 6.96. The predicted molar refractivity (Wildman–Crippen MR) is 82.5 cm³/mol. The van der Waals surface area contributed by atoms with E-state index in [9.17, 15) is 4.79 Å². The Bertz CT molecular complexity index is 707. The number of rotatable bonds is 5. The third kappa shape index (κ3) is 4.11. The van der Waals surface area contributed by atoms with Crippen molar-refractivity contribution in [1.29, 1.82) is 5.26 Å². The zero-order valence-electron chi connectivity index (χ0n) is 11.6. The van der Waals surface area contributed by atoms with E-state index in [1.807, 2.05) is 36.4 Å². The number of fused-ring (bicyclic) bond motifs is 1. The van der Waals surface area contributed by atoms with Crippen LogP contribution in [-0.2, 0) is 11.2 Å². The first-order chi connectivity index (χ1) is 10.1. The van der Waals surface area contributed by atoms with Crippen LogP contribution in [0.5, 0.6) is 5.75 Å². The molecule has 0 bridgehead atoms. The summed E-state index contributed by atoms with van der Waals surface area (Å²) in [6.07, 6.45) is 0.679. The molecule has 0 aliphatic carbocycles. The van der Waals surface area contributed by atoms with Gasteiger partial charge in [0.15, 0.2) is 6.61 Å². The molecule has 0 aliphatic heterocycles. The maximum Gasteiger partial charge on any atom is 0.216 e. The standard InChI is InChI=1S/C16H15ClN2O2/c1-11(20)19-6-4-13-9-14(17)8-12-2-3-15(10-16(12)13)21-7-5-18/h2-3,8-10H,4,6-7H2,1H3,(H,19,20). The van der Waals surface area contributed by atoms with Crippen LogP contribution in [0.15, 0.2) is 30.3 Å². The van der Waals surface area contributed by atoms with Crippen LogP contribution in [0.1, 0.15) is 12.5 Å². The van der Waals surface area contributed by atoms with Crippen LogP contribution >= 0.6 is 11.6 Å². The lowest BCUT2D eigenvalue weighted by Crippen LogP contribution is -2.22. The van der Waals surface area contributed by atoms with Crippen molar-refractivity contribution in [3.05, 3.63) is 40.9 Å². The fourth-order valence-corrected chi connectivity index (χ4v) is 2.41. The summed E-state index contributed by atoms with van der Waals surface area (Å²) in [5.74, 6) is 0.589. The topological polar surface area (TPSA) is 62.1 Å². The Labute approximate surface area is 128 Å². The highest BCUT2D eigenvalue weighted by Crippen LogP contribution is 2.28. The van der Waals surface area contributed by atoms with Crippen molar-refractivity contribution in [2.75, 3.05) is 13.2 Å². The van der Waals surface area contributed by atoms with Gasteiger partial charge in [0.2, 0.25) is 5.91 Å². The lowest BCUT2D eigenvalue weighted by Gasteiger charge is -2.10. The van der Waals surface area contributed by atoms with Crippen LogP contribution in [0.4, 0.5) is 0 Å². The largest absolute Gasteiger partial charge is 0.479 e. The highest BCUT2D eigenvalue weighted by molar-refractivity contribution is 6.31. The molecule has 1 N–H and O–H groups in total. The van der Waals surface area contributed by atoms with Crippen LogP contribution in [0, 0.1) is 11.3 Å². The Morgan fingerprint density at radius 1 is 1.38 bits per heavy atom. The summed E-state index contributed by atoms with van der Waals surface area (Å²) >= 11 is 6.13. The van der Waals surface area contributed by atoms with Crippen molar-refractivity contribution in [1.82, 2.24) is 5.32 Å². The normalized spacial score (nSPS) is 10.1. The SMILES string of the molecule is CC(=O)NCCc1cc(Cl)cc2ccc(OCC#N)cc12. The quantitative estimate of drug-likeness (QED) is 0.923. The highest BCUT2D eigenvalue weighted by atomic mass is 35.5. The molecule has 1 amide bonds. The van der Waals surface area contributed by atoms with Crippen LogP contribution in [0.25, 0.3) is 10.8 Å². The smallest absolute Gasteiger partial charge is 0.216 e. The van der Waals surface area contributed by atoms with Gasteiger partial charge in [0, 0.05) is 18.5 Å². The second-order valence-corrected chi connectivity index (χ2v) is 5.06. The number of nitriles is 1. The van der Waals surface area contributed by atoms with Gasteiger partial charge in [0.1, 0.15) is 11.8 Å². The molecule has 0 aromatic heterocycles. The molecule has 0 heterocycles. The average molecular weight is 303 g/mol. The fourth-order valence-electron chi connectivity index (χ4n) is 2.16. The van der Waals surface area contributed by atoms with Gasteiger partial charge in [-0.25, -0.2) is 0 Å². The van der Waals surface area contributed by atoms with E-state index in [1.165, 1.54) is 6.92 Å². The minimum absolute atomic E-state index is 0.0142. The molecule has 0 aliphatic rings. The summed E-state index contributed by atoms with van der Waals surface area (Å²) < 4.78 is 5.33. The van der Waals surface area contributed by atoms with Gasteiger partial charge >= 0.3 is 0 Å². The molecule has 0 saturated carbocycles. The number of hydrogen-bond acceptors (Lipinski definition) is 3. The number of amides is 1. The molecule has 2 rings (SSSR count). The van der Waals surface area contributed by atoms with Crippen molar-refractivity contribution in [2.45, 2.75) is 13.3 Å². The third-order valence-electron chi connectivity index (χ3n) is 3.05. The third-order valence-corrected chi connectivity index (χ3v) is 3.27. The predicted octanol–water partition coefficient (Wildman–Crippen LogP) is 3.07. The Kier molecular flexibility index (Phi) is 5.02. The Morgan fingerprint density at radius 3 is 2.90 bits per heavy atom. The van der Waals surface area contributed by atoms with E-state index in [4.69, 9.17) is 21.6 Å². The minimum Gasteiger partial charge on any atom is -0.479 e. The number of ether oxygens (including phenoxy) is 1. The molecule has 108 valence electrons. The van der Waals surface area contributed by atoms with Crippen molar-refractivity contribution in [3.63, 3.8) is 0 Å². The molecule has 2 aromatic rings. The number of benzene rings is 2. The Balaban J connectivity index is 2.32. The lowest BCUT2D eigenvalue weighted by molar-refractivity contribution is -0.118. The van der Waals surface area contributed by atoms with E-state index in [2.05, 4.69) is 5.32 Å². The number of carbonyl (C=O) groups is 1. The number of nitrogens with zero attached hydrogens (tertiary/aromatic N) is 1. The molecule has 5 heteroatoms. The fraction of sp³-hybridized carbons (Fsp3) is 0.250. The molecule has 0 fully saturated rings. The molecule has 0 radical (unpaired) electrons. The van der Waals surface area contributed by atoms with Gasteiger partial charge in [-0.2, -0.15) is 5.26 Å². The first-order valence-electron chi connectivity index (χ1n) is 6.56. The van der Waals surface area contributed by atoms with Crippen molar-refractivity contribution < 1.29 is 9.53 Å². The zero-order chi connectivity index (χ0) is 15.2. The minimum atomic E-state index is -0.0561. The van der Waals surface area contributed by atoms with E-state index >= 15 is 0 Å². The molecule has 0 saturated heterocycles. The molecular formula is C16H15ClN2O2. The summed E-state index contributed by atoms with van der Waals surface area (Å²) in [5.41, 5.74) is 1.04. The van der Waals surface area contributed by atoms with Gasteiger partial charge in [0.05, 0.1) is 0 Å². The molecule has 0 unspecified atom stereocenters. The number of hydrogen-bond donors (Lipinski definition) is 1. The van der Waals surface area contributed by atoms with E-state index in [-0.39, 0.29) is 12.5 Å². The van der Waals surface area contributed by atoms with Crippen LogP contribution < -0.4 is 10.1 Å². The zero-order valence-corrected chi connectivity index (χ0v) is 12.4. The van der Waals surface area contributed by atoms with Gasteiger partial charge in [-0.05, 0) is 47.0 Å². The highest BCUT2D eigenvalue weighted by Gasteiger charge is 2.06. The summed E-state index contributed by atoms with van der Waals surface area (Å²) in [7, 11) is 0. The summed E-state index contributed by atoms with van der Waals surface area (Å²) in [6, 6.07) is 11.3. The molecule has 4 nitrogen and oxygen atoms in total. The Hall–Kier alpha value is -2.25. The van der Waals surface area contributed by atoms with Gasteiger partial charge in [-0.1, -0.05) is 17.7 Å². The maximum absolute atomic E-state index is 10.9. The van der Waals surface area contributed by atoms with Crippen molar-refractivity contribution >= 4 is 28.3 Å². The van der Waals surface area contributed by atoms with Crippen molar-refractivity contribution in [2.24, 2.45) is 0 Å². The molecule has 0 spiro atoms. The second-order valence-electron chi connectivity index (χ2n) is 4.63. The van der Waals surface area contributed by atoms with Gasteiger partial charge in [0.25, 0.3) is 0 Å². The molecular weight excluding hydrogens is 288 g/mol. The van der Waals surface area contributed by atoms with E-state index < -0.39 is 0 Å². The molecule has 21 heavy (non-hydrogen) atoms. The number of halogens is 1. The van der Waals surface area contributed by atoms with Crippen LogP contribution in [0.2, 0.25) is 5.02 Å². The lowest BCUT2D eigenvalue weighted by atomic mass is 10.0. The van der Waals surface area contributed by atoms with E-state index in [0.717, 1.165) is 16.3 Å². The average Bonchev–Trinajstić information content (AvgIpc) is 2.44. The van der Waals surface area contributed by atoms with Crippen LogP contribution in [0.3, 0.4) is 0 Å².